The summed E-state index contributed by atoms with van der Waals surface area (Å²) in [6.45, 7) is 1.93. The van der Waals surface area contributed by atoms with Gasteiger partial charge in [-0.1, -0.05) is 11.6 Å². The average Bonchev–Trinajstić information content (AvgIpc) is 3.01. The predicted molar refractivity (Wildman–Crippen MR) is 75.5 cm³/mol. The van der Waals surface area contributed by atoms with Gasteiger partial charge in [-0.2, -0.15) is 0 Å². The van der Waals surface area contributed by atoms with Gasteiger partial charge in [0.15, 0.2) is 6.29 Å². The molecule has 3 rings (SSSR count). The second-order valence-corrected chi connectivity index (χ2v) is 5.78. The Morgan fingerprint density at radius 1 is 1.14 bits per heavy atom. The van der Waals surface area contributed by atoms with Gasteiger partial charge in [0, 0.05) is 23.8 Å². The summed E-state index contributed by atoms with van der Waals surface area (Å²) in [7, 11) is 0. The minimum Gasteiger partial charge on any atom is -0.481 e. The standard InChI is InChI=1S/C15H17ClO5/c16-12-8-10(13-20-5-6-21-13)7-11(9-12)15(14(17)18)1-3-19-4-2-15/h7-9,13H,1-6H2,(H,17,18). The Labute approximate surface area is 127 Å². The molecule has 2 fully saturated rings. The highest BCUT2D eigenvalue weighted by Gasteiger charge is 2.42. The number of ether oxygens (including phenoxy) is 3. The van der Waals surface area contributed by atoms with E-state index in [1.165, 1.54) is 0 Å². The quantitative estimate of drug-likeness (QED) is 0.929. The number of carbonyl (C=O) groups is 1. The maximum absolute atomic E-state index is 11.9. The lowest BCUT2D eigenvalue weighted by Gasteiger charge is -2.34. The average molecular weight is 313 g/mol. The topological polar surface area (TPSA) is 65.0 Å². The van der Waals surface area contributed by atoms with Crippen molar-refractivity contribution in [2.75, 3.05) is 26.4 Å². The van der Waals surface area contributed by atoms with Crippen LogP contribution >= 0.6 is 11.6 Å². The van der Waals surface area contributed by atoms with Gasteiger partial charge in [0.1, 0.15) is 0 Å². The fraction of sp³-hybridized carbons (Fsp3) is 0.533. The molecule has 2 aliphatic heterocycles. The van der Waals surface area contributed by atoms with Crippen LogP contribution in [0.25, 0.3) is 0 Å². The van der Waals surface area contributed by atoms with E-state index in [-0.39, 0.29) is 0 Å². The van der Waals surface area contributed by atoms with Crippen LogP contribution in [0.4, 0.5) is 0 Å². The van der Waals surface area contributed by atoms with Crippen LogP contribution in [0.1, 0.15) is 30.3 Å². The van der Waals surface area contributed by atoms with E-state index in [2.05, 4.69) is 0 Å². The first-order valence-corrected chi connectivity index (χ1v) is 7.35. The Bertz CT molecular complexity index is 533. The van der Waals surface area contributed by atoms with E-state index < -0.39 is 17.7 Å². The number of carboxylic acid groups (broad SMARTS) is 1. The lowest BCUT2D eigenvalue weighted by Crippen LogP contribution is -2.41. The second kappa shape index (κ2) is 5.93. The molecule has 2 aliphatic rings. The molecule has 0 saturated carbocycles. The van der Waals surface area contributed by atoms with Crippen LogP contribution in [0.15, 0.2) is 18.2 Å². The van der Waals surface area contributed by atoms with Gasteiger partial charge < -0.3 is 19.3 Å². The summed E-state index contributed by atoms with van der Waals surface area (Å²) in [5.41, 5.74) is 0.512. The molecule has 2 heterocycles. The van der Waals surface area contributed by atoms with E-state index in [0.717, 1.165) is 5.56 Å². The van der Waals surface area contributed by atoms with Crippen LogP contribution in [0, 0.1) is 0 Å². The maximum atomic E-state index is 11.9. The van der Waals surface area contributed by atoms with E-state index in [1.54, 1.807) is 12.1 Å². The number of hydrogen-bond donors (Lipinski definition) is 1. The SMILES string of the molecule is O=C(O)C1(c2cc(Cl)cc(C3OCCO3)c2)CCOCC1. The summed E-state index contributed by atoms with van der Waals surface area (Å²) in [6, 6.07) is 5.32. The van der Waals surface area contributed by atoms with Crippen LogP contribution in [-0.2, 0) is 24.4 Å². The van der Waals surface area contributed by atoms with Crippen LogP contribution in [-0.4, -0.2) is 37.5 Å². The van der Waals surface area contributed by atoms with Crippen LogP contribution < -0.4 is 0 Å². The van der Waals surface area contributed by atoms with Crippen molar-refractivity contribution < 1.29 is 24.1 Å². The molecule has 0 aliphatic carbocycles. The second-order valence-electron chi connectivity index (χ2n) is 5.35. The molecule has 0 unspecified atom stereocenters. The number of aliphatic carboxylic acids is 1. The molecular formula is C15H17ClO5. The Morgan fingerprint density at radius 2 is 1.81 bits per heavy atom. The van der Waals surface area contributed by atoms with Gasteiger partial charge in [0.2, 0.25) is 0 Å². The summed E-state index contributed by atoms with van der Waals surface area (Å²) >= 11 is 6.18. The number of rotatable bonds is 3. The van der Waals surface area contributed by atoms with Crippen molar-refractivity contribution in [2.45, 2.75) is 24.5 Å². The number of halogens is 1. The third-order valence-electron chi connectivity index (χ3n) is 4.12. The zero-order chi connectivity index (χ0) is 14.9. The molecule has 6 heteroatoms. The van der Waals surface area contributed by atoms with Gasteiger partial charge in [-0.3, -0.25) is 4.79 Å². The van der Waals surface area contributed by atoms with Crippen molar-refractivity contribution in [1.29, 1.82) is 0 Å². The Morgan fingerprint density at radius 3 is 2.43 bits per heavy atom. The summed E-state index contributed by atoms with van der Waals surface area (Å²) in [5, 5.41) is 10.2. The largest absolute Gasteiger partial charge is 0.481 e. The van der Waals surface area contributed by atoms with Crippen molar-refractivity contribution in [1.82, 2.24) is 0 Å². The lowest BCUT2D eigenvalue weighted by molar-refractivity contribution is -0.147. The Balaban J connectivity index is 2.01. The normalized spacial score (nSPS) is 22.3. The van der Waals surface area contributed by atoms with E-state index in [4.69, 9.17) is 25.8 Å². The first-order valence-electron chi connectivity index (χ1n) is 6.97. The van der Waals surface area contributed by atoms with Crippen molar-refractivity contribution in [3.8, 4) is 0 Å². The van der Waals surface area contributed by atoms with Gasteiger partial charge in [-0.25, -0.2) is 0 Å². The molecule has 1 aromatic rings. The molecule has 1 aromatic carbocycles. The summed E-state index contributed by atoms with van der Waals surface area (Å²) in [4.78, 5) is 11.9. The van der Waals surface area contributed by atoms with Gasteiger partial charge in [0.25, 0.3) is 0 Å². The van der Waals surface area contributed by atoms with Crippen molar-refractivity contribution in [3.05, 3.63) is 34.3 Å². The number of benzene rings is 1. The molecule has 0 spiro atoms. The molecular weight excluding hydrogens is 296 g/mol. The molecule has 0 bridgehead atoms. The highest BCUT2D eigenvalue weighted by molar-refractivity contribution is 6.30. The first-order chi connectivity index (χ1) is 10.1. The van der Waals surface area contributed by atoms with Gasteiger partial charge in [0.05, 0.1) is 18.6 Å². The highest BCUT2D eigenvalue weighted by atomic mass is 35.5. The highest BCUT2D eigenvalue weighted by Crippen LogP contribution is 2.38. The molecule has 2 saturated heterocycles. The maximum Gasteiger partial charge on any atom is 0.314 e. The first kappa shape index (κ1) is 14.8. The molecule has 0 aromatic heterocycles. The van der Waals surface area contributed by atoms with Gasteiger partial charge in [-0.05, 0) is 36.6 Å². The number of hydrogen-bond acceptors (Lipinski definition) is 4. The van der Waals surface area contributed by atoms with Crippen LogP contribution in [0.2, 0.25) is 5.02 Å². The lowest BCUT2D eigenvalue weighted by atomic mass is 9.74. The fourth-order valence-electron chi connectivity index (χ4n) is 2.92. The van der Waals surface area contributed by atoms with E-state index in [9.17, 15) is 9.90 Å². The molecule has 0 atom stereocenters. The predicted octanol–water partition coefficient (Wildman–Crippen LogP) is 2.52. The zero-order valence-corrected chi connectivity index (χ0v) is 12.3. The van der Waals surface area contributed by atoms with Crippen LogP contribution in [0.3, 0.4) is 0 Å². The summed E-state index contributed by atoms with van der Waals surface area (Å²) < 4.78 is 16.3. The molecule has 0 amide bonds. The van der Waals surface area contributed by atoms with E-state index in [0.29, 0.717) is 49.9 Å². The third-order valence-corrected chi connectivity index (χ3v) is 4.34. The number of carboxylic acids is 1. The molecule has 5 nitrogen and oxygen atoms in total. The zero-order valence-electron chi connectivity index (χ0n) is 11.5. The molecule has 1 N–H and O–H groups in total. The van der Waals surface area contributed by atoms with Crippen molar-refractivity contribution in [3.63, 3.8) is 0 Å². The molecule has 0 radical (unpaired) electrons. The van der Waals surface area contributed by atoms with E-state index >= 15 is 0 Å². The Kier molecular flexibility index (Phi) is 4.17. The summed E-state index contributed by atoms with van der Waals surface area (Å²) in [5.74, 6) is -0.840. The fourth-order valence-corrected chi connectivity index (χ4v) is 3.16. The third kappa shape index (κ3) is 2.79. The van der Waals surface area contributed by atoms with E-state index in [1.807, 2.05) is 6.07 Å². The van der Waals surface area contributed by atoms with Gasteiger partial charge >= 0.3 is 5.97 Å². The molecule has 21 heavy (non-hydrogen) atoms. The van der Waals surface area contributed by atoms with Crippen molar-refractivity contribution >= 4 is 17.6 Å². The van der Waals surface area contributed by atoms with Gasteiger partial charge in [-0.15, -0.1) is 0 Å². The minimum atomic E-state index is -0.948. The van der Waals surface area contributed by atoms with Crippen LogP contribution in [0.5, 0.6) is 0 Å². The Hall–Kier alpha value is -1.14. The summed E-state index contributed by atoms with van der Waals surface area (Å²) in [6.07, 6.45) is 0.413. The van der Waals surface area contributed by atoms with Crippen molar-refractivity contribution in [2.24, 2.45) is 0 Å². The monoisotopic (exact) mass is 312 g/mol. The smallest absolute Gasteiger partial charge is 0.314 e. The molecule has 114 valence electrons. The minimum absolute atomic E-state index is 0.435.